The first-order valence-electron chi connectivity index (χ1n) is 7.07. The van der Waals surface area contributed by atoms with Crippen LogP contribution in [0.2, 0.25) is 0 Å². The molecule has 1 aromatic heterocycles. The fourth-order valence-corrected chi connectivity index (χ4v) is 2.04. The number of halogens is 1. The van der Waals surface area contributed by atoms with E-state index in [0.717, 1.165) is 0 Å². The number of hydrogen-bond donors (Lipinski definition) is 2. The van der Waals surface area contributed by atoms with Crippen molar-refractivity contribution >= 4 is 17.7 Å². The Labute approximate surface area is 133 Å². The van der Waals surface area contributed by atoms with Gasteiger partial charge in [0.05, 0.1) is 19.2 Å². The summed E-state index contributed by atoms with van der Waals surface area (Å²) in [6.45, 7) is 1.66. The summed E-state index contributed by atoms with van der Waals surface area (Å²) in [5, 5.41) is 4.99. The van der Waals surface area contributed by atoms with E-state index in [0.29, 0.717) is 5.69 Å². The molecule has 1 atom stereocenters. The lowest BCUT2D eigenvalue weighted by Crippen LogP contribution is -2.37. The Bertz CT molecular complexity index is 686. The first-order valence-corrected chi connectivity index (χ1v) is 7.07. The molecule has 23 heavy (non-hydrogen) atoms. The van der Waals surface area contributed by atoms with Gasteiger partial charge in [-0.15, -0.1) is 0 Å². The number of benzene rings is 1. The number of amides is 2. The van der Waals surface area contributed by atoms with E-state index in [2.05, 4.69) is 15.4 Å². The minimum Gasteiger partial charge on any atom is -0.469 e. The Morgan fingerprint density at radius 2 is 2.00 bits per heavy atom. The van der Waals surface area contributed by atoms with Crippen molar-refractivity contribution in [2.45, 2.75) is 19.4 Å². The number of rotatable bonds is 5. The lowest BCUT2D eigenvalue weighted by molar-refractivity contribution is -0.141. The van der Waals surface area contributed by atoms with Gasteiger partial charge in [0.15, 0.2) is 0 Å². The number of urea groups is 1. The fourth-order valence-electron chi connectivity index (χ4n) is 2.04. The number of nitrogens with zero attached hydrogens (tertiary/aromatic N) is 1. The topological polar surface area (TPSA) is 72.4 Å². The molecule has 0 aliphatic rings. The van der Waals surface area contributed by atoms with E-state index < -0.39 is 23.9 Å². The van der Waals surface area contributed by atoms with Crippen LogP contribution < -0.4 is 10.6 Å². The van der Waals surface area contributed by atoms with Crippen molar-refractivity contribution in [2.24, 2.45) is 0 Å². The molecule has 122 valence electrons. The number of methoxy groups -OCH3 is 1. The molecule has 1 aromatic carbocycles. The molecule has 0 spiro atoms. The molecule has 0 aliphatic carbocycles. The van der Waals surface area contributed by atoms with E-state index in [1.807, 2.05) is 24.5 Å². The van der Waals surface area contributed by atoms with Crippen molar-refractivity contribution in [2.75, 3.05) is 12.4 Å². The normalized spacial score (nSPS) is 11.6. The van der Waals surface area contributed by atoms with Crippen molar-refractivity contribution in [3.8, 4) is 5.69 Å². The summed E-state index contributed by atoms with van der Waals surface area (Å²) in [6.07, 6.45) is 3.67. The van der Waals surface area contributed by atoms with Crippen molar-refractivity contribution < 1.29 is 18.7 Å². The SMILES string of the molecule is COC(=O)C[C@H](C)NC(=O)Nc1cc(-n2cccc2)ccc1F. The second-order valence-corrected chi connectivity index (χ2v) is 5.03. The highest BCUT2D eigenvalue weighted by Gasteiger charge is 2.14. The van der Waals surface area contributed by atoms with Gasteiger partial charge in [-0.25, -0.2) is 9.18 Å². The highest BCUT2D eigenvalue weighted by molar-refractivity contribution is 5.90. The van der Waals surface area contributed by atoms with Crippen LogP contribution in [0.15, 0.2) is 42.7 Å². The molecule has 2 N–H and O–H groups in total. The summed E-state index contributed by atoms with van der Waals surface area (Å²) in [5.74, 6) is -0.977. The zero-order chi connectivity index (χ0) is 16.8. The van der Waals surface area contributed by atoms with E-state index in [-0.39, 0.29) is 12.1 Å². The van der Waals surface area contributed by atoms with Gasteiger partial charge in [0, 0.05) is 24.1 Å². The number of hydrogen-bond acceptors (Lipinski definition) is 3. The van der Waals surface area contributed by atoms with Crippen LogP contribution in [-0.4, -0.2) is 29.7 Å². The molecule has 6 nitrogen and oxygen atoms in total. The summed E-state index contributed by atoms with van der Waals surface area (Å²) in [4.78, 5) is 23.0. The van der Waals surface area contributed by atoms with E-state index in [1.54, 1.807) is 17.6 Å². The summed E-state index contributed by atoms with van der Waals surface area (Å²) in [6, 6.07) is 7.08. The average Bonchev–Trinajstić information content (AvgIpc) is 3.03. The molecule has 2 rings (SSSR count). The smallest absolute Gasteiger partial charge is 0.319 e. The summed E-state index contributed by atoms with van der Waals surface area (Å²) in [5.41, 5.74) is 0.772. The third-order valence-electron chi connectivity index (χ3n) is 3.18. The van der Waals surface area contributed by atoms with E-state index in [9.17, 15) is 14.0 Å². The fraction of sp³-hybridized carbons (Fsp3) is 0.250. The third kappa shape index (κ3) is 4.57. The van der Waals surface area contributed by atoms with Gasteiger partial charge in [0.1, 0.15) is 5.82 Å². The highest BCUT2D eigenvalue weighted by atomic mass is 19.1. The Morgan fingerprint density at radius 3 is 2.65 bits per heavy atom. The van der Waals surface area contributed by atoms with Gasteiger partial charge in [-0.2, -0.15) is 0 Å². The maximum absolute atomic E-state index is 13.8. The lowest BCUT2D eigenvalue weighted by atomic mass is 10.2. The highest BCUT2D eigenvalue weighted by Crippen LogP contribution is 2.19. The monoisotopic (exact) mass is 319 g/mol. The first kappa shape index (κ1) is 16.5. The third-order valence-corrected chi connectivity index (χ3v) is 3.18. The summed E-state index contributed by atoms with van der Waals surface area (Å²) in [7, 11) is 1.28. The second kappa shape index (κ2) is 7.44. The maximum atomic E-state index is 13.8. The van der Waals surface area contributed by atoms with Crippen LogP contribution in [0.3, 0.4) is 0 Å². The maximum Gasteiger partial charge on any atom is 0.319 e. The van der Waals surface area contributed by atoms with Gasteiger partial charge in [0.2, 0.25) is 0 Å². The molecule has 0 aliphatic heterocycles. The standard InChI is InChI=1S/C16H18FN3O3/c1-11(9-15(21)23-2)18-16(22)19-14-10-12(5-6-13(14)17)20-7-3-4-8-20/h3-8,10-11H,9H2,1-2H3,(H2,18,19,22)/t11-/m0/s1. The van der Waals surface area contributed by atoms with Crippen LogP contribution in [0, 0.1) is 5.82 Å². The van der Waals surface area contributed by atoms with Gasteiger partial charge in [-0.3, -0.25) is 4.79 Å². The molecule has 0 bridgehead atoms. The van der Waals surface area contributed by atoms with Crippen LogP contribution in [0.4, 0.5) is 14.9 Å². The number of aromatic nitrogens is 1. The Kier molecular flexibility index (Phi) is 5.35. The average molecular weight is 319 g/mol. The second-order valence-electron chi connectivity index (χ2n) is 5.03. The van der Waals surface area contributed by atoms with Crippen LogP contribution in [-0.2, 0) is 9.53 Å². The number of carbonyl (C=O) groups excluding carboxylic acids is 2. The number of esters is 1. The largest absolute Gasteiger partial charge is 0.469 e. The molecule has 2 aromatic rings. The molecular formula is C16H18FN3O3. The first-order chi connectivity index (χ1) is 11.0. The molecule has 7 heteroatoms. The van der Waals surface area contributed by atoms with Crippen molar-refractivity contribution in [1.82, 2.24) is 9.88 Å². The summed E-state index contributed by atoms with van der Waals surface area (Å²) < 4.78 is 20.2. The number of ether oxygens (including phenoxy) is 1. The molecule has 1 heterocycles. The number of nitrogens with one attached hydrogen (secondary N) is 2. The van der Waals surface area contributed by atoms with Crippen molar-refractivity contribution in [3.05, 3.63) is 48.5 Å². The van der Waals surface area contributed by atoms with Gasteiger partial charge >= 0.3 is 12.0 Å². The predicted octanol–water partition coefficient (Wildman–Crippen LogP) is 2.69. The molecule has 0 unspecified atom stereocenters. The minimum absolute atomic E-state index is 0.0375. The molecule has 2 amide bonds. The minimum atomic E-state index is -0.593. The van der Waals surface area contributed by atoms with Gasteiger partial charge < -0.3 is 19.9 Å². The Balaban J connectivity index is 2.03. The van der Waals surface area contributed by atoms with E-state index in [1.165, 1.54) is 19.2 Å². The Morgan fingerprint density at radius 1 is 1.30 bits per heavy atom. The van der Waals surface area contributed by atoms with Crippen LogP contribution in [0.1, 0.15) is 13.3 Å². The quantitative estimate of drug-likeness (QED) is 0.832. The van der Waals surface area contributed by atoms with Crippen molar-refractivity contribution in [3.63, 3.8) is 0 Å². The molecule has 0 fully saturated rings. The summed E-state index contributed by atoms with van der Waals surface area (Å²) >= 11 is 0. The van der Waals surface area contributed by atoms with Gasteiger partial charge in [0.25, 0.3) is 0 Å². The zero-order valence-corrected chi connectivity index (χ0v) is 12.9. The van der Waals surface area contributed by atoms with Gasteiger partial charge in [-0.05, 0) is 37.3 Å². The van der Waals surface area contributed by atoms with Crippen LogP contribution in [0.25, 0.3) is 5.69 Å². The molecule has 0 radical (unpaired) electrons. The Hall–Kier alpha value is -2.83. The van der Waals surface area contributed by atoms with E-state index in [4.69, 9.17) is 0 Å². The van der Waals surface area contributed by atoms with Gasteiger partial charge in [-0.1, -0.05) is 0 Å². The van der Waals surface area contributed by atoms with Crippen molar-refractivity contribution in [1.29, 1.82) is 0 Å². The van der Waals surface area contributed by atoms with Crippen LogP contribution in [0.5, 0.6) is 0 Å². The zero-order valence-electron chi connectivity index (χ0n) is 12.9. The molecule has 0 saturated heterocycles. The predicted molar refractivity (Wildman–Crippen MR) is 84.0 cm³/mol. The van der Waals surface area contributed by atoms with E-state index >= 15 is 0 Å². The number of anilines is 1. The number of carbonyl (C=O) groups is 2. The van der Waals surface area contributed by atoms with Crippen LogP contribution >= 0.6 is 0 Å². The molecular weight excluding hydrogens is 301 g/mol. The molecule has 0 saturated carbocycles. The lowest BCUT2D eigenvalue weighted by Gasteiger charge is -2.14.